The van der Waals surface area contributed by atoms with Gasteiger partial charge >= 0.3 is 0 Å². The molecule has 0 saturated carbocycles. The van der Waals surface area contributed by atoms with Crippen molar-refractivity contribution in [3.63, 3.8) is 0 Å². The van der Waals surface area contributed by atoms with Crippen LogP contribution in [0.2, 0.25) is 0 Å². The molecule has 0 aliphatic carbocycles. The second-order valence-corrected chi connectivity index (χ2v) is 4.66. The number of allylic oxidation sites excluding steroid dienone is 1. The molecule has 3 rings (SSSR count). The topological polar surface area (TPSA) is 62.7 Å². The molecule has 3 nitrogen and oxygen atoms in total. The fraction of sp³-hybridized carbons (Fsp3) is 0. The lowest BCUT2D eigenvalue weighted by Gasteiger charge is -2.07. The van der Waals surface area contributed by atoms with Crippen LogP contribution in [0.25, 0.3) is 22.2 Å². The van der Waals surface area contributed by atoms with Crippen LogP contribution in [0.15, 0.2) is 66.7 Å². The van der Waals surface area contributed by atoms with Gasteiger partial charge < -0.3 is 5.73 Å². The highest BCUT2D eigenvalue weighted by atomic mass is 14.8. The number of nitriles is 1. The molecule has 0 radical (unpaired) electrons. The first kappa shape index (κ1) is 12.9. The largest absolute Gasteiger partial charge is 0.396 e. The Hall–Kier alpha value is -3.12. The smallest absolute Gasteiger partial charge is 0.102 e. The van der Waals surface area contributed by atoms with Crippen LogP contribution in [0.1, 0.15) is 11.3 Å². The summed E-state index contributed by atoms with van der Waals surface area (Å²) < 4.78 is 0. The zero-order valence-electron chi connectivity index (χ0n) is 11.3. The minimum absolute atomic E-state index is 0.398. The van der Waals surface area contributed by atoms with E-state index in [1.165, 1.54) is 0 Å². The van der Waals surface area contributed by atoms with Crippen molar-refractivity contribution in [1.29, 1.82) is 5.26 Å². The third-order valence-electron chi connectivity index (χ3n) is 3.32. The summed E-state index contributed by atoms with van der Waals surface area (Å²) in [6.07, 6.45) is 0. The van der Waals surface area contributed by atoms with Crippen LogP contribution in [0.3, 0.4) is 0 Å². The van der Waals surface area contributed by atoms with Crippen molar-refractivity contribution < 1.29 is 0 Å². The van der Waals surface area contributed by atoms with Gasteiger partial charge in [0.05, 0.1) is 22.5 Å². The fourth-order valence-corrected chi connectivity index (χ4v) is 2.23. The Bertz CT molecular complexity index is 858. The minimum atomic E-state index is 0.398. The van der Waals surface area contributed by atoms with E-state index in [1.807, 2.05) is 66.7 Å². The number of nitrogens with two attached hydrogens (primary N) is 1. The van der Waals surface area contributed by atoms with E-state index < -0.39 is 0 Å². The summed E-state index contributed by atoms with van der Waals surface area (Å²) in [6.45, 7) is 0. The highest BCUT2D eigenvalue weighted by molar-refractivity contribution is 5.96. The van der Waals surface area contributed by atoms with Crippen LogP contribution < -0.4 is 5.73 Å². The quantitative estimate of drug-likeness (QED) is 0.724. The summed E-state index contributed by atoms with van der Waals surface area (Å²) >= 11 is 0. The van der Waals surface area contributed by atoms with Gasteiger partial charge in [0.15, 0.2) is 0 Å². The molecular weight excluding hydrogens is 258 g/mol. The zero-order chi connectivity index (χ0) is 14.7. The average Bonchev–Trinajstić information content (AvgIpc) is 2.56. The van der Waals surface area contributed by atoms with Crippen molar-refractivity contribution in [2.75, 3.05) is 0 Å². The fourth-order valence-electron chi connectivity index (χ4n) is 2.23. The van der Waals surface area contributed by atoms with Crippen LogP contribution in [-0.2, 0) is 0 Å². The second kappa shape index (κ2) is 5.48. The van der Waals surface area contributed by atoms with E-state index >= 15 is 0 Å². The van der Waals surface area contributed by atoms with Gasteiger partial charge in [-0.05, 0) is 17.7 Å². The molecule has 2 aromatic carbocycles. The van der Waals surface area contributed by atoms with Crippen LogP contribution in [0.5, 0.6) is 0 Å². The molecule has 0 unspecified atom stereocenters. The van der Waals surface area contributed by atoms with E-state index in [9.17, 15) is 5.26 Å². The van der Waals surface area contributed by atoms with Crippen LogP contribution in [0, 0.1) is 11.3 Å². The van der Waals surface area contributed by atoms with E-state index in [2.05, 4.69) is 11.1 Å². The van der Waals surface area contributed by atoms with Gasteiger partial charge in [0.1, 0.15) is 6.07 Å². The number of aromatic nitrogens is 1. The molecule has 21 heavy (non-hydrogen) atoms. The Morgan fingerprint density at radius 1 is 0.905 bits per heavy atom. The number of rotatable bonds is 2. The van der Waals surface area contributed by atoms with Crippen molar-refractivity contribution in [3.8, 4) is 6.07 Å². The molecular formula is C18H13N3. The number of fused-ring (bicyclic) bond motifs is 1. The van der Waals surface area contributed by atoms with E-state index in [0.717, 1.165) is 16.5 Å². The van der Waals surface area contributed by atoms with Gasteiger partial charge in [0.25, 0.3) is 0 Å². The maximum atomic E-state index is 9.41. The Kier molecular flexibility index (Phi) is 3.36. The molecule has 100 valence electrons. The van der Waals surface area contributed by atoms with Gasteiger partial charge in [-0.3, -0.25) is 0 Å². The molecule has 3 heteroatoms. The summed E-state index contributed by atoms with van der Waals surface area (Å²) in [5.41, 5.74) is 9.29. The molecule has 0 aliphatic heterocycles. The molecule has 2 N–H and O–H groups in total. The summed E-state index contributed by atoms with van der Waals surface area (Å²) in [5.74, 6) is 0. The van der Waals surface area contributed by atoms with Gasteiger partial charge in [-0.2, -0.15) is 5.26 Å². The van der Waals surface area contributed by atoms with Crippen molar-refractivity contribution in [2.24, 2.45) is 5.73 Å². The highest BCUT2D eigenvalue weighted by Gasteiger charge is 2.09. The number of benzene rings is 2. The molecule has 0 saturated heterocycles. The summed E-state index contributed by atoms with van der Waals surface area (Å²) in [5, 5.41) is 10.5. The minimum Gasteiger partial charge on any atom is -0.396 e. The van der Waals surface area contributed by atoms with Crippen molar-refractivity contribution >= 4 is 22.2 Å². The zero-order valence-corrected chi connectivity index (χ0v) is 11.3. The third kappa shape index (κ3) is 2.47. The van der Waals surface area contributed by atoms with Crippen molar-refractivity contribution in [2.45, 2.75) is 0 Å². The summed E-state index contributed by atoms with van der Waals surface area (Å²) in [4.78, 5) is 4.54. The molecule has 0 aliphatic rings. The first-order valence-electron chi connectivity index (χ1n) is 6.61. The van der Waals surface area contributed by atoms with Crippen LogP contribution >= 0.6 is 0 Å². The highest BCUT2D eigenvalue weighted by Crippen LogP contribution is 2.22. The average molecular weight is 271 g/mol. The monoisotopic (exact) mass is 271 g/mol. The Balaban J connectivity index is 2.16. The number of hydrogen-bond donors (Lipinski definition) is 1. The second-order valence-electron chi connectivity index (χ2n) is 4.66. The lowest BCUT2D eigenvalue weighted by Crippen LogP contribution is -2.03. The predicted octanol–water partition coefficient (Wildman–Crippen LogP) is 3.59. The van der Waals surface area contributed by atoms with E-state index in [1.54, 1.807) is 0 Å². The Morgan fingerprint density at radius 2 is 1.62 bits per heavy atom. The first-order chi connectivity index (χ1) is 10.3. The first-order valence-corrected chi connectivity index (χ1v) is 6.61. The van der Waals surface area contributed by atoms with Gasteiger partial charge in [-0.25, -0.2) is 4.98 Å². The van der Waals surface area contributed by atoms with Crippen molar-refractivity contribution in [1.82, 2.24) is 4.98 Å². The van der Waals surface area contributed by atoms with Gasteiger partial charge in [0.2, 0.25) is 0 Å². The Morgan fingerprint density at radius 3 is 2.38 bits per heavy atom. The molecule has 0 bridgehead atoms. The predicted molar refractivity (Wildman–Crippen MR) is 84.8 cm³/mol. The molecule has 1 heterocycles. The molecule has 0 spiro atoms. The standard InChI is InChI=1S/C18H13N3/c19-12-15(13-6-2-1-3-7-13)18(20)17-11-10-14-8-4-5-9-16(14)21-17/h1-11H,20H2/b18-15-. The van der Waals surface area contributed by atoms with Crippen LogP contribution in [-0.4, -0.2) is 4.98 Å². The molecule has 3 aromatic rings. The van der Waals surface area contributed by atoms with E-state index in [0.29, 0.717) is 17.0 Å². The number of pyridine rings is 1. The van der Waals surface area contributed by atoms with Gasteiger partial charge in [-0.15, -0.1) is 0 Å². The maximum Gasteiger partial charge on any atom is 0.102 e. The lowest BCUT2D eigenvalue weighted by atomic mass is 10.0. The maximum absolute atomic E-state index is 9.41. The van der Waals surface area contributed by atoms with Gasteiger partial charge in [-0.1, -0.05) is 54.6 Å². The summed E-state index contributed by atoms with van der Waals surface area (Å²) in [7, 11) is 0. The van der Waals surface area contributed by atoms with Gasteiger partial charge in [0, 0.05) is 5.39 Å². The number of hydrogen-bond acceptors (Lipinski definition) is 3. The SMILES string of the molecule is N#C/C(=C(/N)c1ccc2ccccc2n1)c1ccccc1. The molecule has 0 atom stereocenters. The number of para-hydroxylation sites is 1. The normalized spacial score (nSPS) is 11.8. The van der Waals surface area contributed by atoms with Crippen molar-refractivity contribution in [3.05, 3.63) is 78.0 Å². The molecule has 0 amide bonds. The van der Waals surface area contributed by atoms with E-state index in [4.69, 9.17) is 5.73 Å². The van der Waals surface area contributed by atoms with E-state index in [-0.39, 0.29) is 0 Å². The molecule has 0 fully saturated rings. The molecule has 1 aromatic heterocycles. The van der Waals surface area contributed by atoms with Crippen LogP contribution in [0.4, 0.5) is 0 Å². The number of nitrogens with zero attached hydrogens (tertiary/aromatic N) is 2. The third-order valence-corrected chi connectivity index (χ3v) is 3.32. The Labute approximate surface area is 123 Å². The summed E-state index contributed by atoms with van der Waals surface area (Å²) in [6, 6.07) is 23.2. The lowest BCUT2D eigenvalue weighted by molar-refractivity contribution is 1.32.